The van der Waals surface area contributed by atoms with E-state index >= 15 is 0 Å². The quantitative estimate of drug-likeness (QED) is 0.826. The maximum absolute atomic E-state index is 13.2. The van der Waals surface area contributed by atoms with E-state index in [1.165, 1.54) is 4.90 Å². The number of benzene rings is 1. The standard InChI is InChI=1S/C17H22N2O4/c20-16-17(22-9-3-4-10-23-17)14-5-1-2-6-15(14)19(16)13-18-7-11-21-12-8-18/h1-2,5-6H,3-4,7-13H2/p+1. The average molecular weight is 319 g/mol. The van der Waals surface area contributed by atoms with E-state index in [0.717, 1.165) is 50.4 Å². The maximum atomic E-state index is 13.2. The summed E-state index contributed by atoms with van der Waals surface area (Å²) in [6.45, 7) is 5.07. The van der Waals surface area contributed by atoms with Gasteiger partial charge in [0.1, 0.15) is 13.1 Å². The van der Waals surface area contributed by atoms with Crippen molar-refractivity contribution in [2.24, 2.45) is 0 Å². The first-order valence-corrected chi connectivity index (χ1v) is 8.42. The van der Waals surface area contributed by atoms with E-state index in [2.05, 4.69) is 0 Å². The molecular formula is C17H23N2O4+. The van der Waals surface area contributed by atoms with E-state index in [4.69, 9.17) is 14.2 Å². The van der Waals surface area contributed by atoms with E-state index in [0.29, 0.717) is 19.9 Å². The molecular weight excluding hydrogens is 296 g/mol. The van der Waals surface area contributed by atoms with Crippen LogP contribution in [0.15, 0.2) is 24.3 Å². The number of amides is 1. The highest BCUT2D eigenvalue weighted by Gasteiger charge is 2.55. The zero-order valence-electron chi connectivity index (χ0n) is 13.3. The Morgan fingerprint density at radius 1 is 1.04 bits per heavy atom. The summed E-state index contributed by atoms with van der Waals surface area (Å²) in [5, 5.41) is 0. The number of carbonyl (C=O) groups is 1. The number of para-hydroxylation sites is 1. The smallest absolute Gasteiger partial charge is 0.296 e. The van der Waals surface area contributed by atoms with Gasteiger partial charge in [0.15, 0.2) is 6.67 Å². The lowest BCUT2D eigenvalue weighted by molar-refractivity contribution is -0.906. The maximum Gasteiger partial charge on any atom is 0.296 e. The summed E-state index contributed by atoms with van der Waals surface area (Å²) in [6, 6.07) is 7.84. The molecule has 0 atom stereocenters. The van der Waals surface area contributed by atoms with Crippen LogP contribution in [-0.2, 0) is 24.8 Å². The second-order valence-corrected chi connectivity index (χ2v) is 6.29. The molecule has 1 aromatic rings. The van der Waals surface area contributed by atoms with Gasteiger partial charge in [0.05, 0.1) is 32.1 Å². The second-order valence-electron chi connectivity index (χ2n) is 6.29. The van der Waals surface area contributed by atoms with Crippen molar-refractivity contribution in [2.45, 2.75) is 18.6 Å². The van der Waals surface area contributed by atoms with Gasteiger partial charge in [-0.25, -0.2) is 0 Å². The number of hydrogen-bond donors (Lipinski definition) is 1. The molecule has 23 heavy (non-hydrogen) atoms. The summed E-state index contributed by atoms with van der Waals surface area (Å²) < 4.78 is 17.3. The van der Waals surface area contributed by atoms with Crippen LogP contribution in [0, 0.1) is 0 Å². The van der Waals surface area contributed by atoms with E-state index in [1.54, 1.807) is 0 Å². The van der Waals surface area contributed by atoms with Gasteiger partial charge in [-0.2, -0.15) is 0 Å². The fraction of sp³-hybridized carbons (Fsp3) is 0.588. The molecule has 0 unspecified atom stereocenters. The third-order valence-corrected chi connectivity index (χ3v) is 4.81. The summed E-state index contributed by atoms with van der Waals surface area (Å²) in [4.78, 5) is 16.4. The van der Waals surface area contributed by atoms with Gasteiger partial charge in [-0.05, 0) is 18.9 Å². The summed E-state index contributed by atoms with van der Waals surface area (Å²) in [5.41, 5.74) is 1.76. The van der Waals surface area contributed by atoms with Crippen molar-refractivity contribution >= 4 is 11.6 Å². The molecule has 1 spiro atoms. The average Bonchev–Trinajstić information content (AvgIpc) is 2.78. The highest BCUT2D eigenvalue weighted by Crippen LogP contribution is 2.44. The van der Waals surface area contributed by atoms with Gasteiger partial charge in [-0.1, -0.05) is 18.2 Å². The lowest BCUT2D eigenvalue weighted by atomic mass is 10.1. The zero-order chi connectivity index (χ0) is 15.7. The number of quaternary nitrogens is 1. The van der Waals surface area contributed by atoms with Crippen molar-refractivity contribution in [2.75, 3.05) is 51.1 Å². The fourth-order valence-electron chi connectivity index (χ4n) is 3.54. The Balaban J connectivity index is 1.66. The van der Waals surface area contributed by atoms with Crippen LogP contribution in [0.1, 0.15) is 18.4 Å². The summed E-state index contributed by atoms with van der Waals surface area (Å²) in [5.74, 6) is -1.32. The van der Waals surface area contributed by atoms with Crippen molar-refractivity contribution in [3.05, 3.63) is 29.8 Å². The molecule has 0 bridgehead atoms. The summed E-state index contributed by atoms with van der Waals surface area (Å²) >= 11 is 0. The van der Waals surface area contributed by atoms with Gasteiger partial charge in [0, 0.05) is 5.56 Å². The van der Waals surface area contributed by atoms with E-state index in [9.17, 15) is 4.79 Å². The molecule has 2 fully saturated rings. The van der Waals surface area contributed by atoms with Crippen molar-refractivity contribution < 1.29 is 23.9 Å². The molecule has 3 heterocycles. The first-order chi connectivity index (χ1) is 11.3. The first-order valence-electron chi connectivity index (χ1n) is 8.42. The Morgan fingerprint density at radius 3 is 2.48 bits per heavy atom. The number of hydrogen-bond acceptors (Lipinski definition) is 4. The molecule has 1 aromatic carbocycles. The Labute approximate surface area is 135 Å². The van der Waals surface area contributed by atoms with Crippen molar-refractivity contribution in [1.29, 1.82) is 0 Å². The third kappa shape index (κ3) is 2.55. The number of carbonyl (C=O) groups excluding carboxylic acids is 1. The van der Waals surface area contributed by atoms with Gasteiger partial charge >= 0.3 is 0 Å². The minimum Gasteiger partial charge on any atom is -0.370 e. The third-order valence-electron chi connectivity index (χ3n) is 4.81. The van der Waals surface area contributed by atoms with Crippen LogP contribution in [0.3, 0.4) is 0 Å². The van der Waals surface area contributed by atoms with Crippen molar-refractivity contribution in [3.8, 4) is 0 Å². The fourth-order valence-corrected chi connectivity index (χ4v) is 3.54. The second kappa shape index (κ2) is 6.20. The SMILES string of the molecule is O=C1N(C[NH+]2CCOCC2)c2ccccc2C12OCCCCO2. The highest BCUT2D eigenvalue weighted by molar-refractivity contribution is 6.05. The molecule has 1 amide bonds. The van der Waals surface area contributed by atoms with Crippen molar-refractivity contribution in [1.82, 2.24) is 0 Å². The van der Waals surface area contributed by atoms with E-state index < -0.39 is 5.79 Å². The number of nitrogens with zero attached hydrogens (tertiary/aromatic N) is 1. The Morgan fingerprint density at radius 2 is 1.74 bits per heavy atom. The summed E-state index contributed by atoms with van der Waals surface area (Å²) in [6.07, 6.45) is 1.85. The topological polar surface area (TPSA) is 52.4 Å². The molecule has 0 saturated carbocycles. The van der Waals surface area contributed by atoms with Crippen LogP contribution in [0.25, 0.3) is 0 Å². The van der Waals surface area contributed by atoms with E-state index in [1.807, 2.05) is 29.2 Å². The van der Waals surface area contributed by atoms with E-state index in [-0.39, 0.29) is 5.91 Å². The number of rotatable bonds is 2. The van der Waals surface area contributed by atoms with Crippen LogP contribution in [0.4, 0.5) is 5.69 Å². The monoisotopic (exact) mass is 319 g/mol. The minimum absolute atomic E-state index is 0.0837. The highest BCUT2D eigenvalue weighted by atomic mass is 16.7. The normalized spacial score (nSPS) is 24.7. The molecule has 6 nitrogen and oxygen atoms in total. The number of morpholine rings is 1. The van der Waals surface area contributed by atoms with Crippen molar-refractivity contribution in [3.63, 3.8) is 0 Å². The Bertz CT molecular complexity index is 578. The Kier molecular flexibility index (Phi) is 4.07. The Hall–Kier alpha value is -1.47. The zero-order valence-corrected chi connectivity index (χ0v) is 13.3. The molecule has 0 radical (unpaired) electrons. The molecule has 3 aliphatic heterocycles. The van der Waals surface area contributed by atoms with Crippen LogP contribution >= 0.6 is 0 Å². The van der Waals surface area contributed by atoms with Gasteiger partial charge in [0.25, 0.3) is 11.7 Å². The number of anilines is 1. The molecule has 4 rings (SSSR count). The van der Waals surface area contributed by atoms with Gasteiger partial charge in [-0.15, -0.1) is 0 Å². The van der Waals surface area contributed by atoms with Crippen LogP contribution in [0.2, 0.25) is 0 Å². The molecule has 3 aliphatic rings. The molecule has 2 saturated heterocycles. The first kappa shape index (κ1) is 15.1. The predicted molar refractivity (Wildman–Crippen MR) is 83.1 cm³/mol. The van der Waals surface area contributed by atoms with Gasteiger partial charge < -0.3 is 19.1 Å². The number of nitrogens with one attached hydrogen (secondary N) is 1. The number of fused-ring (bicyclic) bond motifs is 2. The number of ether oxygens (including phenoxy) is 3. The molecule has 124 valence electrons. The van der Waals surface area contributed by atoms with Crippen LogP contribution in [0.5, 0.6) is 0 Å². The van der Waals surface area contributed by atoms with Crippen LogP contribution in [-0.4, -0.2) is 52.1 Å². The van der Waals surface area contributed by atoms with Crippen LogP contribution < -0.4 is 9.80 Å². The lowest BCUT2D eigenvalue weighted by Gasteiger charge is -2.30. The lowest BCUT2D eigenvalue weighted by Crippen LogP contribution is -3.15. The van der Waals surface area contributed by atoms with Gasteiger partial charge in [-0.3, -0.25) is 9.69 Å². The molecule has 0 aliphatic carbocycles. The molecule has 6 heteroatoms. The molecule has 0 aromatic heterocycles. The largest absolute Gasteiger partial charge is 0.370 e. The van der Waals surface area contributed by atoms with Gasteiger partial charge in [0.2, 0.25) is 0 Å². The predicted octanol–water partition coefficient (Wildman–Crippen LogP) is -0.114. The summed E-state index contributed by atoms with van der Waals surface area (Å²) in [7, 11) is 0. The molecule has 1 N–H and O–H groups in total. The minimum atomic E-state index is -1.24.